The van der Waals surface area contributed by atoms with E-state index in [4.69, 9.17) is 0 Å². The summed E-state index contributed by atoms with van der Waals surface area (Å²) in [6.07, 6.45) is -0.304. The number of hydrogen-bond donors (Lipinski definition) is 3. The second-order valence-electron chi connectivity index (χ2n) is 5.31. The van der Waals surface area contributed by atoms with Crippen LogP contribution in [0.3, 0.4) is 0 Å². The number of β-lactam (4-membered cyclic amide) rings is 1. The molecule has 2 aliphatic rings. The minimum atomic E-state index is -1.19. The van der Waals surface area contributed by atoms with Crippen LogP contribution in [0.15, 0.2) is 30.0 Å². The number of aliphatic hydroxyl groups excluding tert-OH is 1. The number of carbonyl (C=O) groups excluding carboxylic acids is 2. The first-order valence-corrected chi connectivity index (χ1v) is 7.79. The zero-order valence-electron chi connectivity index (χ0n) is 12.1. The first-order chi connectivity index (χ1) is 11.0. The van der Waals surface area contributed by atoms with E-state index >= 15 is 0 Å². The summed E-state index contributed by atoms with van der Waals surface area (Å²) >= 11 is 1.24. The van der Waals surface area contributed by atoms with Crippen LogP contribution >= 0.6 is 11.8 Å². The Hall–Kier alpha value is -2.32. The van der Waals surface area contributed by atoms with Crippen LogP contribution in [0.5, 0.6) is 0 Å². The third kappa shape index (κ3) is 2.40. The lowest BCUT2D eigenvalue weighted by molar-refractivity contribution is -0.156. The number of nitrogens with one attached hydrogen (secondary N) is 1. The van der Waals surface area contributed by atoms with Gasteiger partial charge in [-0.25, -0.2) is 4.79 Å². The van der Waals surface area contributed by atoms with Gasteiger partial charge in [-0.1, -0.05) is 23.9 Å². The predicted octanol–water partition coefficient (Wildman–Crippen LogP) is 0.920. The second kappa shape index (κ2) is 5.71. The number of carbonyl (C=O) groups is 3. The van der Waals surface area contributed by atoms with Gasteiger partial charge in [-0.15, -0.1) is 0 Å². The molecule has 1 aromatic rings. The zero-order valence-corrected chi connectivity index (χ0v) is 12.9. The number of thioether (sulfide) groups is 1. The third-order valence-corrected chi connectivity index (χ3v) is 5.26. The molecule has 7 nitrogen and oxygen atoms in total. The van der Waals surface area contributed by atoms with Crippen molar-refractivity contribution < 1.29 is 24.6 Å². The maximum atomic E-state index is 12.1. The molecule has 0 spiro atoms. The number of benzene rings is 1. The summed E-state index contributed by atoms with van der Waals surface area (Å²) in [5, 5.41) is 21.3. The quantitative estimate of drug-likeness (QED) is 0.546. The maximum Gasteiger partial charge on any atom is 0.353 e. The number of anilines is 1. The van der Waals surface area contributed by atoms with E-state index in [9.17, 15) is 24.6 Å². The summed E-state index contributed by atoms with van der Waals surface area (Å²) < 4.78 is 0. The highest BCUT2D eigenvalue weighted by molar-refractivity contribution is 8.09. The van der Waals surface area contributed by atoms with E-state index in [0.717, 1.165) is 0 Å². The summed E-state index contributed by atoms with van der Waals surface area (Å²) in [4.78, 5) is 36.0. The first kappa shape index (κ1) is 15.6. The molecule has 0 saturated carbocycles. The Morgan fingerprint density at radius 3 is 2.83 bits per heavy atom. The van der Waals surface area contributed by atoms with Crippen molar-refractivity contribution in [2.45, 2.75) is 18.4 Å². The molecule has 0 radical (unpaired) electrons. The number of carboxylic acids is 1. The molecule has 3 rings (SSSR count). The average Bonchev–Trinajstić information content (AvgIpc) is 2.82. The molecule has 120 valence electrons. The van der Waals surface area contributed by atoms with Crippen molar-refractivity contribution in [1.29, 1.82) is 0 Å². The van der Waals surface area contributed by atoms with Gasteiger partial charge in [-0.05, 0) is 24.6 Å². The minimum Gasteiger partial charge on any atom is -0.477 e. The molecule has 1 aromatic carbocycles. The number of fused-ring (bicyclic) bond motifs is 1. The lowest BCUT2D eigenvalue weighted by atomic mass is 9.92. The van der Waals surface area contributed by atoms with Crippen LogP contribution in [0.2, 0.25) is 0 Å². The smallest absolute Gasteiger partial charge is 0.353 e. The van der Waals surface area contributed by atoms with Crippen molar-refractivity contribution in [3.05, 3.63) is 35.5 Å². The molecule has 0 bridgehead atoms. The summed E-state index contributed by atoms with van der Waals surface area (Å²) in [5.74, 6) is -2.18. The fourth-order valence-corrected chi connectivity index (χ4v) is 4.41. The molecule has 0 unspecified atom stereocenters. The molecule has 1 saturated heterocycles. The largest absolute Gasteiger partial charge is 0.477 e. The summed E-state index contributed by atoms with van der Waals surface area (Å²) in [5.41, 5.74) is 1.05. The highest BCUT2D eigenvalue weighted by Crippen LogP contribution is 2.53. The van der Waals surface area contributed by atoms with Gasteiger partial charge in [0, 0.05) is 10.6 Å². The van der Waals surface area contributed by atoms with Crippen molar-refractivity contribution in [3.63, 3.8) is 0 Å². The number of nitrogens with zero attached hydrogens (tertiary/aromatic N) is 1. The molecule has 2 aliphatic heterocycles. The van der Waals surface area contributed by atoms with Crippen molar-refractivity contribution in [3.8, 4) is 0 Å². The van der Waals surface area contributed by atoms with Crippen LogP contribution in [-0.2, 0) is 14.4 Å². The maximum absolute atomic E-state index is 12.1. The molecular weight excluding hydrogens is 320 g/mol. The summed E-state index contributed by atoms with van der Waals surface area (Å²) in [7, 11) is 0. The molecule has 23 heavy (non-hydrogen) atoms. The Balaban J connectivity index is 2.01. The predicted molar refractivity (Wildman–Crippen MR) is 84.1 cm³/mol. The molecule has 1 fully saturated rings. The van der Waals surface area contributed by atoms with Gasteiger partial charge in [0.1, 0.15) is 11.1 Å². The average molecular weight is 334 g/mol. The van der Waals surface area contributed by atoms with Crippen molar-refractivity contribution in [2.75, 3.05) is 5.32 Å². The highest BCUT2D eigenvalue weighted by atomic mass is 32.2. The highest BCUT2D eigenvalue weighted by Gasteiger charge is 2.57. The van der Waals surface area contributed by atoms with Gasteiger partial charge in [0.15, 0.2) is 0 Å². The van der Waals surface area contributed by atoms with Crippen LogP contribution in [0.1, 0.15) is 12.5 Å². The van der Waals surface area contributed by atoms with Gasteiger partial charge in [0.05, 0.1) is 12.0 Å². The topological polar surface area (TPSA) is 107 Å². The van der Waals surface area contributed by atoms with Crippen LogP contribution < -0.4 is 5.32 Å². The van der Waals surface area contributed by atoms with E-state index < -0.39 is 23.4 Å². The van der Waals surface area contributed by atoms with Crippen LogP contribution in [-0.4, -0.2) is 44.9 Å². The molecule has 0 aromatic heterocycles. The molecular formula is C15H14N2O5S. The number of carboxylic acid groups (broad SMARTS) is 1. The standard InChI is InChI=1S/C15H14N2O5S/c1-7(19)10-13(20)17-11(15(21)22)12(23-14(10)17)8-3-2-4-9(5-8)16-6-18/h2-7,10,14,19H,1H3,(H,16,18)(H,21,22)/t7-,10+,14-/m1/s1. The zero-order chi connectivity index (χ0) is 16.7. The van der Waals surface area contributed by atoms with Gasteiger partial charge in [0.2, 0.25) is 12.3 Å². The van der Waals surface area contributed by atoms with Crippen LogP contribution in [0.4, 0.5) is 5.69 Å². The molecule has 2 amide bonds. The van der Waals surface area contributed by atoms with Crippen molar-refractivity contribution in [2.24, 2.45) is 5.92 Å². The lowest BCUT2D eigenvalue weighted by Crippen LogP contribution is -2.60. The monoisotopic (exact) mass is 334 g/mol. The summed E-state index contributed by atoms with van der Waals surface area (Å²) in [6, 6.07) is 6.73. The number of hydrogen-bond acceptors (Lipinski definition) is 5. The van der Waals surface area contributed by atoms with Crippen LogP contribution in [0, 0.1) is 5.92 Å². The van der Waals surface area contributed by atoms with Gasteiger partial charge in [0.25, 0.3) is 0 Å². The number of aliphatic hydroxyl groups is 1. The lowest BCUT2D eigenvalue weighted by Gasteiger charge is -2.43. The first-order valence-electron chi connectivity index (χ1n) is 6.91. The summed E-state index contributed by atoms with van der Waals surface area (Å²) in [6.45, 7) is 1.52. The van der Waals surface area contributed by atoms with E-state index in [0.29, 0.717) is 22.6 Å². The Morgan fingerprint density at radius 1 is 1.48 bits per heavy atom. The fourth-order valence-electron chi connectivity index (χ4n) is 2.80. The molecule has 3 atom stereocenters. The normalized spacial score (nSPS) is 24.1. The van der Waals surface area contributed by atoms with E-state index in [2.05, 4.69) is 5.32 Å². The minimum absolute atomic E-state index is 0.0786. The van der Waals surface area contributed by atoms with Gasteiger partial charge < -0.3 is 15.5 Å². The van der Waals surface area contributed by atoms with Crippen molar-refractivity contribution in [1.82, 2.24) is 4.90 Å². The second-order valence-corrected chi connectivity index (χ2v) is 6.44. The fraction of sp³-hybridized carbons (Fsp3) is 0.267. The van der Waals surface area contributed by atoms with E-state index in [1.807, 2.05) is 0 Å². The molecule has 0 aliphatic carbocycles. The van der Waals surface area contributed by atoms with Crippen LogP contribution in [0.25, 0.3) is 4.91 Å². The van der Waals surface area contributed by atoms with Crippen molar-refractivity contribution >= 4 is 40.6 Å². The Kier molecular flexibility index (Phi) is 3.87. The van der Waals surface area contributed by atoms with E-state index in [-0.39, 0.29) is 11.6 Å². The van der Waals surface area contributed by atoms with Gasteiger partial charge >= 0.3 is 5.97 Å². The number of rotatable bonds is 5. The van der Waals surface area contributed by atoms with Gasteiger partial charge in [-0.3, -0.25) is 14.5 Å². The Bertz CT molecular complexity index is 730. The number of amides is 2. The van der Waals surface area contributed by atoms with E-state index in [1.165, 1.54) is 23.6 Å². The molecule has 3 N–H and O–H groups in total. The van der Waals surface area contributed by atoms with Gasteiger partial charge in [-0.2, -0.15) is 0 Å². The SMILES string of the molecule is C[C@@H](O)[C@H]1C(=O)N2C(C(=O)O)=C(c3cccc(NC=O)c3)S[C@H]12. The molecule has 2 heterocycles. The Labute approximate surface area is 136 Å². The number of aliphatic carboxylic acids is 1. The Morgan fingerprint density at radius 2 is 2.22 bits per heavy atom. The van der Waals surface area contributed by atoms with E-state index in [1.54, 1.807) is 24.3 Å². The molecule has 8 heteroatoms. The third-order valence-electron chi connectivity index (χ3n) is 3.85.